The van der Waals surface area contributed by atoms with Crippen molar-refractivity contribution in [2.45, 2.75) is 38.3 Å². The predicted octanol–water partition coefficient (Wildman–Crippen LogP) is 3.65. The topological polar surface area (TPSA) is 100 Å². The number of aromatic nitrogens is 3. The monoisotopic (exact) mass is 493 g/mol. The molecule has 3 aromatic rings. The van der Waals surface area contributed by atoms with Crippen LogP contribution in [0.2, 0.25) is 0 Å². The molecule has 0 spiro atoms. The molecule has 0 amide bonds. The Bertz CT molecular complexity index is 1360. The molecule has 0 bridgehead atoms. The van der Waals surface area contributed by atoms with E-state index in [2.05, 4.69) is 9.97 Å². The van der Waals surface area contributed by atoms with Crippen LogP contribution in [0.4, 0.5) is 8.78 Å². The van der Waals surface area contributed by atoms with Crippen molar-refractivity contribution < 1.29 is 26.7 Å². The zero-order valence-electron chi connectivity index (χ0n) is 19.2. The summed E-state index contributed by atoms with van der Waals surface area (Å²) in [6.07, 6.45) is 1.57. The summed E-state index contributed by atoms with van der Waals surface area (Å²) in [6.45, 7) is 5.36. The summed E-state index contributed by atoms with van der Waals surface area (Å²) in [5, 5.41) is -0.650. The summed E-state index contributed by atoms with van der Waals surface area (Å²) in [6, 6.07) is 5.52. The van der Waals surface area contributed by atoms with Crippen LogP contribution in [0.15, 0.2) is 41.3 Å². The van der Waals surface area contributed by atoms with Gasteiger partial charge in [-0.15, -0.1) is 0 Å². The summed E-state index contributed by atoms with van der Waals surface area (Å²) in [7, 11) is -2.01. The molecular formula is C23H25F2N3O5S. The molecule has 0 atom stereocenters. The number of methoxy groups -OCH3 is 1. The van der Waals surface area contributed by atoms with Crippen molar-refractivity contribution in [2.75, 3.05) is 13.7 Å². The maximum atomic E-state index is 14.1. The third kappa shape index (κ3) is 6.03. The van der Waals surface area contributed by atoms with E-state index in [1.54, 1.807) is 33.0 Å². The molecule has 0 saturated carbocycles. The van der Waals surface area contributed by atoms with Crippen molar-refractivity contribution in [1.82, 2.24) is 14.5 Å². The molecule has 34 heavy (non-hydrogen) atoms. The zero-order valence-corrected chi connectivity index (χ0v) is 20.0. The lowest BCUT2D eigenvalue weighted by Gasteiger charge is -2.13. The number of rotatable bonds is 9. The van der Waals surface area contributed by atoms with E-state index in [0.717, 1.165) is 12.1 Å². The van der Waals surface area contributed by atoms with E-state index in [9.17, 15) is 22.0 Å². The van der Waals surface area contributed by atoms with Crippen LogP contribution in [0.5, 0.6) is 11.8 Å². The molecule has 0 aliphatic rings. The molecule has 0 saturated heterocycles. The fraction of sp³-hybridized carbons (Fsp3) is 0.348. The lowest BCUT2D eigenvalue weighted by Crippen LogP contribution is -2.23. The van der Waals surface area contributed by atoms with Crippen LogP contribution in [0, 0.1) is 18.6 Å². The Morgan fingerprint density at radius 3 is 2.50 bits per heavy atom. The van der Waals surface area contributed by atoms with Crippen LogP contribution in [0.25, 0.3) is 11.3 Å². The zero-order chi connectivity index (χ0) is 25.0. The van der Waals surface area contributed by atoms with Crippen molar-refractivity contribution >= 4 is 9.84 Å². The SMILES string of the molecule is COCCn1cc(-c2cc(CS(=O)(=O)C(C)C)nc(Oc3ccc(F)cc3F)n2)cc(C)c1=O. The highest BCUT2D eigenvalue weighted by Gasteiger charge is 2.20. The second kappa shape index (κ2) is 10.4. The first-order chi connectivity index (χ1) is 16.0. The third-order valence-corrected chi connectivity index (χ3v) is 7.15. The summed E-state index contributed by atoms with van der Waals surface area (Å²) in [5.74, 6) is -2.46. The minimum absolute atomic E-state index is 0.128. The number of halogens is 2. The fourth-order valence-corrected chi connectivity index (χ4v) is 3.94. The highest BCUT2D eigenvalue weighted by molar-refractivity contribution is 7.91. The van der Waals surface area contributed by atoms with E-state index >= 15 is 0 Å². The summed E-state index contributed by atoms with van der Waals surface area (Å²) >= 11 is 0. The summed E-state index contributed by atoms with van der Waals surface area (Å²) in [4.78, 5) is 20.9. The maximum Gasteiger partial charge on any atom is 0.322 e. The molecule has 0 unspecified atom stereocenters. The number of hydrogen-bond acceptors (Lipinski definition) is 7. The molecule has 0 aliphatic heterocycles. The number of ether oxygens (including phenoxy) is 2. The number of nitrogens with zero attached hydrogens (tertiary/aromatic N) is 3. The largest absolute Gasteiger partial charge is 0.421 e. The van der Waals surface area contributed by atoms with Gasteiger partial charge >= 0.3 is 6.01 Å². The number of benzene rings is 1. The fourth-order valence-electron chi connectivity index (χ4n) is 3.05. The minimum Gasteiger partial charge on any atom is -0.421 e. The molecule has 0 aliphatic carbocycles. The Labute approximate surface area is 196 Å². The third-order valence-electron chi connectivity index (χ3n) is 5.02. The van der Waals surface area contributed by atoms with E-state index in [1.807, 2.05) is 0 Å². The quantitative estimate of drug-likeness (QED) is 0.449. The van der Waals surface area contributed by atoms with Crippen molar-refractivity contribution in [3.63, 3.8) is 0 Å². The molecule has 2 aromatic heterocycles. The molecule has 2 heterocycles. The van der Waals surface area contributed by atoms with Gasteiger partial charge in [0.25, 0.3) is 5.56 Å². The molecule has 3 rings (SSSR count). The molecule has 1 aromatic carbocycles. The van der Waals surface area contributed by atoms with Gasteiger partial charge in [0.15, 0.2) is 21.4 Å². The van der Waals surface area contributed by atoms with E-state index in [4.69, 9.17) is 9.47 Å². The van der Waals surface area contributed by atoms with Gasteiger partial charge in [0.05, 0.1) is 29.0 Å². The number of sulfone groups is 1. The van der Waals surface area contributed by atoms with Gasteiger partial charge < -0.3 is 14.0 Å². The van der Waals surface area contributed by atoms with Gasteiger partial charge in [-0.25, -0.2) is 17.2 Å². The van der Waals surface area contributed by atoms with Gasteiger partial charge in [0, 0.05) is 37.0 Å². The van der Waals surface area contributed by atoms with E-state index in [1.165, 1.54) is 17.7 Å². The Kier molecular flexibility index (Phi) is 7.78. The molecule has 8 nitrogen and oxygen atoms in total. The van der Waals surface area contributed by atoms with Gasteiger partial charge in [0.2, 0.25) is 0 Å². The Morgan fingerprint density at radius 2 is 1.85 bits per heavy atom. The lowest BCUT2D eigenvalue weighted by atomic mass is 10.1. The number of aryl methyl sites for hydroxylation is 1. The van der Waals surface area contributed by atoms with Crippen LogP contribution >= 0.6 is 0 Å². The number of hydrogen-bond donors (Lipinski definition) is 0. The van der Waals surface area contributed by atoms with E-state index in [0.29, 0.717) is 30.3 Å². The van der Waals surface area contributed by atoms with E-state index < -0.39 is 32.5 Å². The molecule has 0 radical (unpaired) electrons. The predicted molar refractivity (Wildman–Crippen MR) is 123 cm³/mol. The summed E-state index contributed by atoms with van der Waals surface area (Å²) < 4.78 is 64.4. The minimum atomic E-state index is -3.53. The van der Waals surface area contributed by atoms with Crippen LogP contribution in [-0.4, -0.2) is 41.9 Å². The second-order valence-corrected chi connectivity index (χ2v) is 10.5. The molecule has 0 N–H and O–H groups in total. The number of pyridine rings is 1. The Morgan fingerprint density at radius 1 is 1.12 bits per heavy atom. The second-order valence-electron chi connectivity index (χ2n) is 7.96. The van der Waals surface area contributed by atoms with Gasteiger partial charge in [-0.1, -0.05) is 0 Å². The first-order valence-electron chi connectivity index (χ1n) is 10.4. The van der Waals surface area contributed by atoms with Crippen LogP contribution in [0.3, 0.4) is 0 Å². The maximum absolute atomic E-state index is 14.1. The standard InChI is InChI=1S/C23H25F2N3O5S/c1-14(2)34(30,31)13-18-11-20(16-9-15(3)22(29)28(12-16)7-8-32-4)27-23(26-18)33-21-6-5-17(24)10-19(21)25/h5-6,9-12,14H,7-8,13H2,1-4H3. The molecular weight excluding hydrogens is 468 g/mol. The van der Waals surface area contributed by atoms with Crippen molar-refractivity contribution in [1.29, 1.82) is 0 Å². The molecule has 182 valence electrons. The van der Waals surface area contributed by atoms with Crippen molar-refractivity contribution in [3.05, 3.63) is 69.8 Å². The molecule has 11 heteroatoms. The van der Waals surface area contributed by atoms with Gasteiger partial charge in [-0.05, 0) is 45.0 Å². The highest BCUT2D eigenvalue weighted by atomic mass is 32.2. The Hall–Kier alpha value is -3.18. The first-order valence-corrected chi connectivity index (χ1v) is 12.1. The van der Waals surface area contributed by atoms with Gasteiger partial charge in [-0.3, -0.25) is 4.79 Å². The van der Waals surface area contributed by atoms with Crippen molar-refractivity contribution in [2.24, 2.45) is 0 Å². The smallest absolute Gasteiger partial charge is 0.322 e. The molecule has 0 fully saturated rings. The van der Waals surface area contributed by atoms with E-state index in [-0.39, 0.29) is 28.7 Å². The van der Waals surface area contributed by atoms with Gasteiger partial charge in [0.1, 0.15) is 5.82 Å². The van der Waals surface area contributed by atoms with Crippen LogP contribution in [0.1, 0.15) is 25.1 Å². The van der Waals surface area contributed by atoms with Crippen LogP contribution < -0.4 is 10.3 Å². The van der Waals surface area contributed by atoms with Crippen LogP contribution in [-0.2, 0) is 26.9 Å². The van der Waals surface area contributed by atoms with Gasteiger partial charge in [-0.2, -0.15) is 9.97 Å². The Balaban J connectivity index is 2.12. The first kappa shape index (κ1) is 25.4. The lowest BCUT2D eigenvalue weighted by molar-refractivity contribution is 0.186. The highest BCUT2D eigenvalue weighted by Crippen LogP contribution is 2.27. The van der Waals surface area contributed by atoms with Crippen molar-refractivity contribution in [3.8, 4) is 23.0 Å². The average Bonchev–Trinajstić information content (AvgIpc) is 2.76. The normalized spacial score (nSPS) is 11.7. The average molecular weight is 494 g/mol. The summed E-state index contributed by atoms with van der Waals surface area (Å²) in [5.41, 5.74) is 1.14.